The van der Waals surface area contributed by atoms with Crippen LogP contribution in [0.25, 0.3) is 0 Å². The summed E-state index contributed by atoms with van der Waals surface area (Å²) in [6.07, 6.45) is 33.8. The Labute approximate surface area is 483 Å². The number of hydrogen-bond acceptors (Lipinski definition) is 8. The molecule has 20 nitrogen and oxygen atoms in total. The van der Waals surface area contributed by atoms with Crippen LogP contribution in [0.4, 0.5) is 0 Å². The van der Waals surface area contributed by atoms with Gasteiger partial charge in [-0.2, -0.15) is 0 Å². The number of primary amides is 1. The van der Waals surface area contributed by atoms with E-state index in [9.17, 15) is 38.4 Å². The Morgan fingerprint density at radius 3 is 0.775 bits per heavy atom. The lowest BCUT2D eigenvalue weighted by molar-refractivity contribution is -0.368. The zero-order chi connectivity index (χ0) is 59.1. The van der Waals surface area contributed by atoms with Gasteiger partial charge < -0.3 is 65.9 Å². The van der Waals surface area contributed by atoms with Crippen LogP contribution in [0.2, 0.25) is 0 Å². The fraction of sp³-hybridized carbons (Fsp3) is 0.867. The van der Waals surface area contributed by atoms with Gasteiger partial charge in [0.1, 0.15) is 24.2 Å². The van der Waals surface area contributed by atoms with Crippen LogP contribution < -0.4 is 65.9 Å². The van der Waals surface area contributed by atoms with Crippen LogP contribution in [0.15, 0.2) is 0 Å². The monoisotopic (exact) mass is 1140 g/mol. The number of rotatable bonds is 58. The first-order chi connectivity index (χ1) is 38.8. The summed E-state index contributed by atoms with van der Waals surface area (Å²) in [5.41, 5.74) is 21.0. The molecule has 0 saturated carbocycles. The normalized spacial score (nSPS) is 12.7. The number of nitrogens with two attached hydrogens (primary N) is 1. The van der Waals surface area contributed by atoms with Crippen LogP contribution in [-0.4, -0.2) is 117 Å². The molecule has 21 N–H and O–H groups in total. The summed E-state index contributed by atoms with van der Waals surface area (Å²) in [5.74, 6) is -1.44. The minimum Gasteiger partial charge on any atom is -0.368 e. The van der Waals surface area contributed by atoms with Crippen molar-refractivity contribution in [1.29, 1.82) is 0 Å². The number of carbonyl (C=O) groups excluding carboxylic acids is 8. The maximum Gasteiger partial charge on any atom is 0.242 e. The van der Waals surface area contributed by atoms with Crippen molar-refractivity contribution < 1.29 is 61.3 Å². The molecule has 0 aromatic heterocycles. The number of hydrogen-bond donors (Lipinski definition) is 12. The van der Waals surface area contributed by atoms with Crippen LogP contribution >= 0.6 is 0 Å². The Morgan fingerprint density at radius 1 is 0.300 bits per heavy atom. The van der Waals surface area contributed by atoms with Gasteiger partial charge in [0.15, 0.2) is 0 Å². The Balaban J connectivity index is 4.47. The van der Waals surface area contributed by atoms with E-state index in [1.54, 1.807) is 0 Å². The summed E-state index contributed by atoms with van der Waals surface area (Å²) >= 11 is 0. The molecule has 0 aromatic carbocycles. The fourth-order valence-electron chi connectivity index (χ4n) is 9.68. The van der Waals surface area contributed by atoms with Gasteiger partial charge in [0.25, 0.3) is 0 Å². The molecule has 0 saturated heterocycles. The second-order valence-electron chi connectivity index (χ2n) is 22.3. The molecule has 0 fully saturated rings. The molecule has 0 bridgehead atoms. The molecule has 4 atom stereocenters. The molecule has 80 heavy (non-hydrogen) atoms. The van der Waals surface area contributed by atoms with Gasteiger partial charge in [0, 0.05) is 45.3 Å². The Kier molecular flexibility index (Phi) is 52.1. The maximum absolute atomic E-state index is 13.2. The summed E-state index contributed by atoms with van der Waals surface area (Å²) in [7, 11) is 0. The molecular weight excluding hydrogens is 1020 g/mol. The highest BCUT2D eigenvalue weighted by Crippen LogP contribution is 2.13. The van der Waals surface area contributed by atoms with E-state index in [0.717, 1.165) is 180 Å². The van der Waals surface area contributed by atoms with Gasteiger partial charge in [-0.25, -0.2) is 0 Å². The van der Waals surface area contributed by atoms with E-state index >= 15 is 0 Å². The maximum atomic E-state index is 13.2. The second-order valence-corrected chi connectivity index (χ2v) is 22.3. The van der Waals surface area contributed by atoms with Crippen molar-refractivity contribution in [1.82, 2.24) is 37.2 Å². The predicted octanol–water partition coefficient (Wildman–Crippen LogP) is 3.35. The molecule has 0 spiro atoms. The van der Waals surface area contributed by atoms with Crippen LogP contribution in [0, 0.1) is 0 Å². The molecule has 0 rings (SSSR count). The summed E-state index contributed by atoms with van der Waals surface area (Å²) in [6, 6.07) is -2.33. The fourth-order valence-corrected chi connectivity index (χ4v) is 9.68. The summed E-state index contributed by atoms with van der Waals surface area (Å²) < 4.78 is 0. The highest BCUT2D eigenvalue weighted by molar-refractivity contribution is 5.89. The van der Waals surface area contributed by atoms with Gasteiger partial charge in [-0.15, -0.1) is 0 Å². The first-order valence-electron chi connectivity index (χ1n) is 32.3. The average Bonchev–Trinajstić information content (AvgIpc) is 3.43. The number of carbonyl (C=O) groups is 8. The molecule has 8 amide bonds. The molecular formula is C60H122N12O8+4. The summed E-state index contributed by atoms with van der Waals surface area (Å²) in [4.78, 5) is 102. The zero-order valence-corrected chi connectivity index (χ0v) is 50.7. The number of nitrogens with one attached hydrogen (secondary N) is 7. The van der Waals surface area contributed by atoms with Crippen molar-refractivity contribution in [2.75, 3.05) is 45.8 Å². The summed E-state index contributed by atoms with van der Waals surface area (Å²) in [6.45, 7) is 6.91. The van der Waals surface area contributed by atoms with Gasteiger partial charge in [-0.05, 0) is 122 Å². The van der Waals surface area contributed by atoms with Gasteiger partial charge in [0.2, 0.25) is 47.3 Å². The van der Waals surface area contributed by atoms with Crippen molar-refractivity contribution in [3.63, 3.8) is 0 Å². The lowest BCUT2D eigenvalue weighted by Crippen LogP contribution is -2.50. The third-order valence-corrected chi connectivity index (χ3v) is 14.8. The number of unbranched alkanes of at least 4 members (excludes halogenated alkanes) is 24. The van der Waals surface area contributed by atoms with Crippen LogP contribution in [-0.2, 0) is 38.4 Å². The van der Waals surface area contributed by atoms with E-state index in [-0.39, 0.29) is 41.4 Å². The molecule has 0 aromatic rings. The van der Waals surface area contributed by atoms with Gasteiger partial charge in [-0.3, -0.25) is 38.4 Å². The van der Waals surface area contributed by atoms with Gasteiger partial charge >= 0.3 is 0 Å². The molecule has 0 radical (unpaired) electrons. The SMILES string of the molecule is CCCCCCCCCCCC(=O)NC(CCCC[NH3+])C(=O)NCCCCCCCC(=O)NC(CCCC[NH3+])C(=O)NCCCCCCCC(=O)NC(CCCC[NH3+])C(=O)NCCCCCCCC(=O)NC(CCCC[NH3+])C(N)=O. The molecule has 466 valence electrons. The number of amides is 8. The minimum absolute atomic E-state index is 0.0469. The Hall–Kier alpha value is -4.40. The number of quaternary nitrogens is 4. The molecule has 0 aliphatic carbocycles. The molecule has 20 heteroatoms. The van der Waals surface area contributed by atoms with E-state index < -0.39 is 30.1 Å². The Morgan fingerprint density at radius 2 is 0.525 bits per heavy atom. The predicted molar refractivity (Wildman–Crippen MR) is 317 cm³/mol. The van der Waals surface area contributed by atoms with Gasteiger partial charge in [0.05, 0.1) is 26.2 Å². The smallest absolute Gasteiger partial charge is 0.242 e. The topological polar surface area (TPSA) is 357 Å². The van der Waals surface area contributed by atoms with Crippen molar-refractivity contribution in [3.8, 4) is 0 Å². The highest BCUT2D eigenvalue weighted by Gasteiger charge is 2.23. The van der Waals surface area contributed by atoms with Gasteiger partial charge in [-0.1, -0.05) is 116 Å². The van der Waals surface area contributed by atoms with Crippen molar-refractivity contribution in [2.45, 2.75) is 288 Å². The highest BCUT2D eigenvalue weighted by atomic mass is 16.2. The van der Waals surface area contributed by atoms with E-state index in [1.165, 1.54) is 38.5 Å². The molecule has 4 unspecified atom stereocenters. The van der Waals surface area contributed by atoms with Crippen LogP contribution in [0.3, 0.4) is 0 Å². The zero-order valence-electron chi connectivity index (χ0n) is 50.7. The first kappa shape index (κ1) is 75.6. The molecule has 0 aliphatic rings. The van der Waals surface area contributed by atoms with Crippen molar-refractivity contribution in [2.24, 2.45) is 5.73 Å². The lowest BCUT2D eigenvalue weighted by atomic mass is 10.1. The standard InChI is InChI=1S/C60H118N12O8/c1-2-3-4-5-6-7-8-12-19-39-54(74)70-50(35-24-28-43-62)58(78)67-47-32-17-10-14-21-41-56(76)72-52(37-26-30-45-64)60(80)68-48-33-18-11-15-22-40-55(75)71-51(36-25-29-44-63)59(79)66-46-31-16-9-13-20-38-53(73)69-49(57(65)77)34-23-27-42-61/h49-52H,2-48,61-64H2,1H3,(H2,65,77)(H,66,79)(H,67,78)(H,68,80)(H,69,73)(H,70,74)(H,71,75)(H,72,76)/p+4. The average molecular weight is 1140 g/mol. The first-order valence-corrected chi connectivity index (χ1v) is 32.3. The largest absolute Gasteiger partial charge is 0.368 e. The quantitative estimate of drug-likeness (QED) is 0.0400. The molecule has 0 heterocycles. The summed E-state index contributed by atoms with van der Waals surface area (Å²) in [5, 5.41) is 20.7. The van der Waals surface area contributed by atoms with Crippen molar-refractivity contribution >= 4 is 47.3 Å². The van der Waals surface area contributed by atoms with E-state index in [0.29, 0.717) is 83.8 Å². The van der Waals surface area contributed by atoms with E-state index in [2.05, 4.69) is 67.1 Å². The third-order valence-electron chi connectivity index (χ3n) is 14.8. The Bertz CT molecular complexity index is 1610. The van der Waals surface area contributed by atoms with Crippen molar-refractivity contribution in [3.05, 3.63) is 0 Å². The van der Waals surface area contributed by atoms with E-state index in [4.69, 9.17) is 5.73 Å². The van der Waals surface area contributed by atoms with Crippen LogP contribution in [0.5, 0.6) is 0 Å². The molecule has 0 aliphatic heterocycles. The van der Waals surface area contributed by atoms with E-state index in [1.807, 2.05) is 0 Å². The van der Waals surface area contributed by atoms with Crippen LogP contribution in [0.1, 0.15) is 264 Å². The third kappa shape index (κ3) is 46.2. The second kappa shape index (κ2) is 55.2. The minimum atomic E-state index is -0.638. The lowest BCUT2D eigenvalue weighted by Gasteiger charge is -2.19.